The molecule has 1 aromatic carbocycles. The molecular formula is C15H16Cl2N2O2. The van der Waals surface area contributed by atoms with E-state index in [0.29, 0.717) is 27.9 Å². The number of carbonyl (C=O) groups is 1. The van der Waals surface area contributed by atoms with E-state index in [1.807, 2.05) is 6.07 Å². The van der Waals surface area contributed by atoms with Gasteiger partial charge in [0.2, 0.25) is 0 Å². The predicted octanol–water partition coefficient (Wildman–Crippen LogP) is 3.41. The highest BCUT2D eigenvalue weighted by atomic mass is 35.5. The SMILES string of the molecule is NCc1cc(C(=O)NCCCc2ccc(Cl)cc2Cl)co1. The Morgan fingerprint density at radius 1 is 1.29 bits per heavy atom. The Morgan fingerprint density at radius 3 is 2.76 bits per heavy atom. The molecule has 4 nitrogen and oxygen atoms in total. The standard InChI is InChI=1S/C15H16Cl2N2O2/c16-12-4-3-10(14(17)7-12)2-1-5-19-15(20)11-6-13(8-18)21-9-11/h3-4,6-7,9H,1-2,5,8,18H2,(H,19,20). The molecule has 3 N–H and O–H groups in total. The Hall–Kier alpha value is -1.49. The average molecular weight is 327 g/mol. The first-order valence-electron chi connectivity index (χ1n) is 6.59. The summed E-state index contributed by atoms with van der Waals surface area (Å²) < 4.78 is 5.12. The Bertz CT molecular complexity index is 626. The summed E-state index contributed by atoms with van der Waals surface area (Å²) in [5, 5.41) is 4.10. The Kier molecular flexibility index (Phi) is 5.67. The maximum absolute atomic E-state index is 11.8. The number of aryl methyl sites for hydroxylation is 1. The van der Waals surface area contributed by atoms with Gasteiger partial charge in [0, 0.05) is 16.6 Å². The van der Waals surface area contributed by atoms with E-state index in [2.05, 4.69) is 5.32 Å². The van der Waals surface area contributed by atoms with Crippen LogP contribution in [0.4, 0.5) is 0 Å². The molecule has 1 heterocycles. The van der Waals surface area contributed by atoms with Crippen molar-refractivity contribution in [1.29, 1.82) is 0 Å². The van der Waals surface area contributed by atoms with Crippen LogP contribution in [0.2, 0.25) is 10.0 Å². The van der Waals surface area contributed by atoms with Crippen LogP contribution in [0.3, 0.4) is 0 Å². The van der Waals surface area contributed by atoms with Gasteiger partial charge in [-0.1, -0.05) is 29.3 Å². The minimum absolute atomic E-state index is 0.166. The van der Waals surface area contributed by atoms with Crippen molar-refractivity contribution in [3.63, 3.8) is 0 Å². The third kappa shape index (κ3) is 4.49. The molecule has 1 amide bonds. The van der Waals surface area contributed by atoms with Gasteiger partial charge in [0.05, 0.1) is 12.1 Å². The fourth-order valence-electron chi connectivity index (χ4n) is 1.91. The minimum Gasteiger partial charge on any atom is -0.467 e. The van der Waals surface area contributed by atoms with Crippen LogP contribution in [0.1, 0.15) is 28.1 Å². The lowest BCUT2D eigenvalue weighted by Crippen LogP contribution is -2.24. The molecule has 6 heteroatoms. The monoisotopic (exact) mass is 326 g/mol. The number of hydrogen-bond donors (Lipinski definition) is 2. The lowest BCUT2D eigenvalue weighted by molar-refractivity contribution is 0.0952. The third-order valence-electron chi connectivity index (χ3n) is 3.04. The molecule has 0 saturated carbocycles. The number of carbonyl (C=O) groups excluding carboxylic acids is 1. The first-order chi connectivity index (χ1) is 10.1. The zero-order valence-corrected chi connectivity index (χ0v) is 12.9. The van der Waals surface area contributed by atoms with Crippen molar-refractivity contribution in [3.8, 4) is 0 Å². The Morgan fingerprint density at radius 2 is 2.10 bits per heavy atom. The number of halogens is 2. The highest BCUT2D eigenvalue weighted by molar-refractivity contribution is 6.35. The van der Waals surface area contributed by atoms with E-state index in [-0.39, 0.29) is 12.5 Å². The van der Waals surface area contributed by atoms with Gasteiger partial charge in [-0.3, -0.25) is 4.79 Å². The fourth-order valence-corrected chi connectivity index (χ4v) is 2.42. The molecule has 0 bridgehead atoms. The van der Waals surface area contributed by atoms with Gasteiger partial charge in [0.1, 0.15) is 12.0 Å². The van der Waals surface area contributed by atoms with Crippen LogP contribution in [0.15, 0.2) is 34.9 Å². The van der Waals surface area contributed by atoms with Crippen molar-refractivity contribution < 1.29 is 9.21 Å². The van der Waals surface area contributed by atoms with Gasteiger partial charge in [0.25, 0.3) is 5.91 Å². The van der Waals surface area contributed by atoms with E-state index < -0.39 is 0 Å². The molecule has 112 valence electrons. The smallest absolute Gasteiger partial charge is 0.254 e. The highest BCUT2D eigenvalue weighted by Gasteiger charge is 2.09. The van der Waals surface area contributed by atoms with Crippen molar-refractivity contribution in [1.82, 2.24) is 5.32 Å². The highest BCUT2D eigenvalue weighted by Crippen LogP contribution is 2.21. The maximum Gasteiger partial charge on any atom is 0.254 e. The quantitative estimate of drug-likeness (QED) is 0.799. The Balaban J connectivity index is 1.77. The zero-order valence-electron chi connectivity index (χ0n) is 11.4. The first-order valence-corrected chi connectivity index (χ1v) is 7.35. The molecule has 0 fully saturated rings. The molecule has 1 aromatic heterocycles. The summed E-state index contributed by atoms with van der Waals surface area (Å²) in [6, 6.07) is 7.07. The second kappa shape index (κ2) is 7.50. The first kappa shape index (κ1) is 15.9. The van der Waals surface area contributed by atoms with Gasteiger partial charge in [-0.15, -0.1) is 0 Å². The minimum atomic E-state index is -0.166. The van der Waals surface area contributed by atoms with Gasteiger partial charge >= 0.3 is 0 Å². The molecule has 0 aliphatic carbocycles. The van der Waals surface area contributed by atoms with Crippen LogP contribution >= 0.6 is 23.2 Å². The lowest BCUT2D eigenvalue weighted by Gasteiger charge is -2.06. The molecule has 0 aliphatic rings. The number of nitrogens with one attached hydrogen (secondary N) is 1. The number of rotatable bonds is 6. The molecule has 0 atom stereocenters. The molecule has 0 saturated heterocycles. The number of nitrogens with two attached hydrogens (primary N) is 1. The van der Waals surface area contributed by atoms with E-state index in [1.165, 1.54) is 6.26 Å². The summed E-state index contributed by atoms with van der Waals surface area (Å²) in [6.45, 7) is 0.837. The predicted molar refractivity (Wildman–Crippen MR) is 83.7 cm³/mol. The molecule has 2 rings (SSSR count). The van der Waals surface area contributed by atoms with E-state index in [4.69, 9.17) is 33.4 Å². The van der Waals surface area contributed by atoms with E-state index in [9.17, 15) is 4.79 Å². The second-order valence-electron chi connectivity index (χ2n) is 4.60. The lowest BCUT2D eigenvalue weighted by atomic mass is 10.1. The van der Waals surface area contributed by atoms with Crippen molar-refractivity contribution in [2.24, 2.45) is 5.73 Å². The number of hydrogen-bond acceptors (Lipinski definition) is 3. The van der Waals surface area contributed by atoms with Crippen LogP contribution < -0.4 is 11.1 Å². The zero-order chi connectivity index (χ0) is 15.2. The largest absolute Gasteiger partial charge is 0.467 e. The second-order valence-corrected chi connectivity index (χ2v) is 5.44. The number of amides is 1. The van der Waals surface area contributed by atoms with Crippen LogP contribution in [-0.2, 0) is 13.0 Å². The number of benzene rings is 1. The van der Waals surface area contributed by atoms with Crippen molar-refractivity contribution >= 4 is 29.1 Å². The van der Waals surface area contributed by atoms with Crippen LogP contribution in [0.25, 0.3) is 0 Å². The molecule has 0 aliphatic heterocycles. The van der Waals surface area contributed by atoms with Crippen LogP contribution in [0.5, 0.6) is 0 Å². The third-order valence-corrected chi connectivity index (χ3v) is 3.63. The molecule has 2 aromatic rings. The van der Waals surface area contributed by atoms with Crippen molar-refractivity contribution in [3.05, 3.63) is 57.5 Å². The van der Waals surface area contributed by atoms with E-state index in [1.54, 1.807) is 18.2 Å². The fraction of sp³-hybridized carbons (Fsp3) is 0.267. The molecular weight excluding hydrogens is 311 g/mol. The van der Waals surface area contributed by atoms with Crippen LogP contribution in [0, 0.1) is 0 Å². The van der Waals surface area contributed by atoms with Crippen LogP contribution in [-0.4, -0.2) is 12.5 Å². The molecule has 0 radical (unpaired) electrons. The molecule has 0 spiro atoms. The average Bonchev–Trinajstić information content (AvgIpc) is 2.94. The van der Waals surface area contributed by atoms with E-state index >= 15 is 0 Å². The summed E-state index contributed by atoms with van der Waals surface area (Å²) >= 11 is 11.9. The van der Waals surface area contributed by atoms with Gasteiger partial charge < -0.3 is 15.5 Å². The normalized spacial score (nSPS) is 10.6. The summed E-state index contributed by atoms with van der Waals surface area (Å²) in [6.07, 6.45) is 2.97. The van der Waals surface area contributed by atoms with Crippen molar-refractivity contribution in [2.45, 2.75) is 19.4 Å². The molecule has 0 unspecified atom stereocenters. The summed E-state index contributed by atoms with van der Waals surface area (Å²) in [5.41, 5.74) is 6.93. The maximum atomic E-state index is 11.8. The topological polar surface area (TPSA) is 68.3 Å². The molecule has 21 heavy (non-hydrogen) atoms. The summed E-state index contributed by atoms with van der Waals surface area (Å²) in [5.74, 6) is 0.425. The van der Waals surface area contributed by atoms with E-state index in [0.717, 1.165) is 18.4 Å². The number of furan rings is 1. The van der Waals surface area contributed by atoms with Gasteiger partial charge in [-0.2, -0.15) is 0 Å². The van der Waals surface area contributed by atoms with Gasteiger partial charge in [-0.05, 0) is 36.6 Å². The Labute approximate surface area is 133 Å². The summed E-state index contributed by atoms with van der Waals surface area (Å²) in [7, 11) is 0. The van der Waals surface area contributed by atoms with Crippen molar-refractivity contribution in [2.75, 3.05) is 6.54 Å². The van der Waals surface area contributed by atoms with Gasteiger partial charge in [0.15, 0.2) is 0 Å². The summed E-state index contributed by atoms with van der Waals surface area (Å²) in [4.78, 5) is 11.8. The van der Waals surface area contributed by atoms with Gasteiger partial charge in [-0.25, -0.2) is 0 Å².